The summed E-state index contributed by atoms with van der Waals surface area (Å²) in [6.07, 6.45) is 0.578. The van der Waals surface area contributed by atoms with Crippen LogP contribution in [0.25, 0.3) is 0 Å². The van der Waals surface area contributed by atoms with Crippen molar-refractivity contribution in [3.05, 3.63) is 53.6 Å². The van der Waals surface area contributed by atoms with E-state index in [4.69, 9.17) is 9.47 Å². The van der Waals surface area contributed by atoms with E-state index >= 15 is 0 Å². The quantitative estimate of drug-likeness (QED) is 0.677. The Bertz CT molecular complexity index is 897. The van der Waals surface area contributed by atoms with E-state index in [0.29, 0.717) is 13.0 Å². The van der Waals surface area contributed by atoms with Crippen molar-refractivity contribution in [2.45, 2.75) is 18.2 Å². The minimum Gasteiger partial charge on any atom is -0.496 e. The number of methoxy groups -OCH3 is 2. The second-order valence-corrected chi connectivity index (χ2v) is 7.63. The molecule has 0 aliphatic carbocycles. The van der Waals surface area contributed by atoms with Crippen LogP contribution in [0.3, 0.4) is 0 Å². The highest BCUT2D eigenvalue weighted by Gasteiger charge is 2.20. The molecule has 8 heteroatoms. The zero-order valence-electron chi connectivity index (χ0n) is 15.6. The molecule has 0 bridgehead atoms. The van der Waals surface area contributed by atoms with Gasteiger partial charge in [-0.3, -0.25) is 4.79 Å². The maximum atomic E-state index is 12.5. The molecule has 2 aromatic rings. The predicted molar refractivity (Wildman–Crippen MR) is 103 cm³/mol. The van der Waals surface area contributed by atoms with Crippen LogP contribution < -0.4 is 19.5 Å². The van der Waals surface area contributed by atoms with Gasteiger partial charge in [0, 0.05) is 6.54 Å². The highest BCUT2D eigenvalue weighted by Crippen LogP contribution is 2.24. The van der Waals surface area contributed by atoms with Gasteiger partial charge in [-0.1, -0.05) is 24.3 Å². The van der Waals surface area contributed by atoms with Crippen molar-refractivity contribution >= 4 is 15.9 Å². The van der Waals surface area contributed by atoms with Gasteiger partial charge in [0.25, 0.3) is 0 Å². The standard InChI is InChI=1S/C19H24N2O5S/c1-14-8-9-17(26-3)18(12-14)27(23,24)21-13-19(22)20-11-10-15-6-4-5-7-16(15)25-2/h4-9,12,21H,10-11,13H2,1-3H3,(H,20,22). The van der Waals surface area contributed by atoms with Crippen LogP contribution in [0.5, 0.6) is 11.5 Å². The average molecular weight is 392 g/mol. The molecule has 0 saturated carbocycles. The number of ether oxygens (including phenoxy) is 2. The zero-order chi connectivity index (χ0) is 19.9. The van der Waals surface area contributed by atoms with Crippen LogP contribution in [-0.4, -0.2) is 41.6 Å². The number of carbonyl (C=O) groups is 1. The first-order chi connectivity index (χ1) is 12.9. The van der Waals surface area contributed by atoms with Crippen LogP contribution in [0.4, 0.5) is 0 Å². The van der Waals surface area contributed by atoms with Gasteiger partial charge < -0.3 is 14.8 Å². The molecular formula is C19H24N2O5S. The van der Waals surface area contributed by atoms with Crippen molar-refractivity contribution in [2.24, 2.45) is 0 Å². The van der Waals surface area contributed by atoms with E-state index in [9.17, 15) is 13.2 Å². The van der Waals surface area contributed by atoms with Crippen molar-refractivity contribution in [2.75, 3.05) is 27.3 Å². The Morgan fingerprint density at radius 3 is 2.44 bits per heavy atom. The summed E-state index contributed by atoms with van der Waals surface area (Å²) in [5.41, 5.74) is 1.74. The summed E-state index contributed by atoms with van der Waals surface area (Å²) >= 11 is 0. The van der Waals surface area contributed by atoms with Gasteiger partial charge in [-0.05, 0) is 42.7 Å². The Kier molecular flexibility index (Phi) is 7.20. The van der Waals surface area contributed by atoms with E-state index in [0.717, 1.165) is 16.9 Å². The van der Waals surface area contributed by atoms with Gasteiger partial charge in [-0.15, -0.1) is 0 Å². The Labute approximate surface area is 159 Å². The molecule has 2 aromatic carbocycles. The van der Waals surface area contributed by atoms with Gasteiger partial charge in [0.15, 0.2) is 0 Å². The summed E-state index contributed by atoms with van der Waals surface area (Å²) in [7, 11) is -0.878. The van der Waals surface area contributed by atoms with Gasteiger partial charge in [0.2, 0.25) is 15.9 Å². The lowest BCUT2D eigenvalue weighted by molar-refractivity contribution is -0.119. The lowest BCUT2D eigenvalue weighted by Gasteiger charge is -2.12. The summed E-state index contributed by atoms with van der Waals surface area (Å²) in [6, 6.07) is 12.4. The van der Waals surface area contributed by atoms with Crippen molar-refractivity contribution in [3.8, 4) is 11.5 Å². The number of nitrogens with one attached hydrogen (secondary N) is 2. The van der Waals surface area contributed by atoms with Crippen molar-refractivity contribution in [1.29, 1.82) is 0 Å². The molecule has 2 rings (SSSR count). The van der Waals surface area contributed by atoms with Gasteiger partial charge in [-0.25, -0.2) is 13.1 Å². The largest absolute Gasteiger partial charge is 0.496 e. The lowest BCUT2D eigenvalue weighted by atomic mass is 10.1. The number of benzene rings is 2. The van der Waals surface area contributed by atoms with Crippen molar-refractivity contribution in [3.63, 3.8) is 0 Å². The monoisotopic (exact) mass is 392 g/mol. The zero-order valence-corrected chi connectivity index (χ0v) is 16.4. The van der Waals surface area contributed by atoms with Crippen LogP contribution in [0.15, 0.2) is 47.4 Å². The van der Waals surface area contributed by atoms with Crippen LogP contribution in [0.2, 0.25) is 0 Å². The first-order valence-corrected chi connectivity index (χ1v) is 9.88. The number of carbonyl (C=O) groups excluding carboxylic acids is 1. The highest BCUT2D eigenvalue weighted by molar-refractivity contribution is 7.89. The van der Waals surface area contributed by atoms with Crippen LogP contribution in [0, 0.1) is 6.92 Å². The minimum absolute atomic E-state index is 0.00632. The molecule has 0 unspecified atom stereocenters. The van der Waals surface area contributed by atoms with Crippen molar-refractivity contribution < 1.29 is 22.7 Å². The second kappa shape index (κ2) is 9.38. The molecule has 0 aromatic heterocycles. The fourth-order valence-corrected chi connectivity index (χ4v) is 3.77. The smallest absolute Gasteiger partial charge is 0.244 e. The third kappa shape index (κ3) is 5.70. The molecule has 0 fully saturated rings. The molecule has 7 nitrogen and oxygen atoms in total. The lowest BCUT2D eigenvalue weighted by Crippen LogP contribution is -2.37. The van der Waals surface area contributed by atoms with Crippen LogP contribution in [0.1, 0.15) is 11.1 Å². The third-order valence-electron chi connectivity index (χ3n) is 3.94. The Morgan fingerprint density at radius 2 is 1.74 bits per heavy atom. The summed E-state index contributed by atoms with van der Waals surface area (Å²) in [5.74, 6) is 0.559. The van der Waals surface area contributed by atoms with E-state index in [1.165, 1.54) is 13.2 Å². The summed E-state index contributed by atoms with van der Waals surface area (Å²) in [4.78, 5) is 12.0. The molecule has 0 atom stereocenters. The summed E-state index contributed by atoms with van der Waals surface area (Å²) < 4.78 is 37.6. The molecule has 0 aliphatic heterocycles. The van der Waals surface area contributed by atoms with E-state index in [1.54, 1.807) is 26.2 Å². The van der Waals surface area contributed by atoms with Crippen LogP contribution >= 0.6 is 0 Å². The minimum atomic E-state index is -3.86. The van der Waals surface area contributed by atoms with E-state index in [2.05, 4.69) is 10.0 Å². The molecule has 27 heavy (non-hydrogen) atoms. The number of aryl methyl sites for hydroxylation is 1. The number of amides is 1. The van der Waals surface area contributed by atoms with E-state index in [1.807, 2.05) is 24.3 Å². The third-order valence-corrected chi connectivity index (χ3v) is 5.36. The fraction of sp³-hybridized carbons (Fsp3) is 0.316. The number of para-hydroxylation sites is 1. The van der Waals surface area contributed by atoms with E-state index < -0.39 is 15.9 Å². The second-order valence-electron chi connectivity index (χ2n) is 5.89. The first kappa shape index (κ1) is 20.7. The summed E-state index contributed by atoms with van der Waals surface area (Å²) in [6.45, 7) is 1.79. The molecule has 1 amide bonds. The van der Waals surface area contributed by atoms with Gasteiger partial charge in [-0.2, -0.15) is 0 Å². The number of hydrogen-bond donors (Lipinski definition) is 2. The van der Waals surface area contributed by atoms with E-state index in [-0.39, 0.29) is 17.2 Å². The van der Waals surface area contributed by atoms with Crippen molar-refractivity contribution in [1.82, 2.24) is 10.0 Å². The molecule has 0 saturated heterocycles. The topological polar surface area (TPSA) is 93.7 Å². The SMILES string of the molecule is COc1ccccc1CCNC(=O)CNS(=O)(=O)c1cc(C)ccc1OC. The number of hydrogen-bond acceptors (Lipinski definition) is 5. The molecule has 0 heterocycles. The highest BCUT2D eigenvalue weighted by atomic mass is 32.2. The van der Waals surface area contributed by atoms with Gasteiger partial charge in [0.1, 0.15) is 16.4 Å². The normalized spacial score (nSPS) is 11.1. The molecule has 2 N–H and O–H groups in total. The first-order valence-electron chi connectivity index (χ1n) is 8.40. The molecule has 0 radical (unpaired) electrons. The van der Waals surface area contributed by atoms with Crippen LogP contribution in [-0.2, 0) is 21.2 Å². The van der Waals surface area contributed by atoms with Gasteiger partial charge >= 0.3 is 0 Å². The maximum absolute atomic E-state index is 12.5. The predicted octanol–water partition coefficient (Wildman–Crippen LogP) is 1.65. The molecule has 0 aliphatic rings. The molecule has 146 valence electrons. The Morgan fingerprint density at radius 1 is 1.04 bits per heavy atom. The van der Waals surface area contributed by atoms with Gasteiger partial charge in [0.05, 0.1) is 20.8 Å². The Balaban J connectivity index is 1.90. The number of sulfonamides is 1. The molecular weight excluding hydrogens is 368 g/mol. The maximum Gasteiger partial charge on any atom is 0.244 e. The average Bonchev–Trinajstić information content (AvgIpc) is 2.67. The Hall–Kier alpha value is -2.58. The fourth-order valence-electron chi connectivity index (χ4n) is 2.54. The molecule has 0 spiro atoms. The summed E-state index contributed by atoms with van der Waals surface area (Å²) in [5, 5.41) is 2.69. The number of rotatable bonds is 9.